The van der Waals surface area contributed by atoms with Crippen molar-refractivity contribution in [3.8, 4) is 23.0 Å². The van der Waals surface area contributed by atoms with Gasteiger partial charge in [-0.1, -0.05) is 0 Å². The maximum Gasteiger partial charge on any atom is 0.315 e. The second-order valence-electron chi connectivity index (χ2n) is 3.61. The van der Waals surface area contributed by atoms with E-state index in [9.17, 15) is 10.1 Å². The van der Waals surface area contributed by atoms with Crippen molar-refractivity contribution >= 4 is 5.69 Å². The Balaban J connectivity index is 2.64. The molecule has 0 atom stereocenters. The zero-order valence-electron chi connectivity index (χ0n) is 10.5. The lowest BCUT2D eigenvalue weighted by Gasteiger charge is -2.08. The zero-order valence-corrected chi connectivity index (χ0v) is 10.5. The molecule has 100 valence electrons. The van der Waals surface area contributed by atoms with E-state index < -0.39 is 4.92 Å². The van der Waals surface area contributed by atoms with Crippen molar-refractivity contribution in [3.63, 3.8) is 0 Å². The lowest BCUT2D eigenvalue weighted by atomic mass is 10.1. The van der Waals surface area contributed by atoms with Crippen molar-refractivity contribution in [1.82, 2.24) is 10.2 Å². The molecule has 0 saturated heterocycles. The highest BCUT2D eigenvalue weighted by Gasteiger charge is 2.23. The highest BCUT2D eigenvalue weighted by atomic mass is 16.6. The van der Waals surface area contributed by atoms with Gasteiger partial charge in [-0.05, 0) is 6.07 Å². The lowest BCUT2D eigenvalue weighted by molar-refractivity contribution is -0.385. The standard InChI is InChI=1S/C11H11N3O5/c1-6-12-13-11(19-6)7-4-8(14(15)16)10(18-3)9(5-7)17-2/h4-5H,1-3H3. The van der Waals surface area contributed by atoms with E-state index >= 15 is 0 Å². The van der Waals surface area contributed by atoms with Gasteiger partial charge < -0.3 is 13.9 Å². The molecule has 0 amide bonds. The summed E-state index contributed by atoms with van der Waals surface area (Å²) < 4.78 is 15.3. The molecule has 0 aliphatic rings. The zero-order chi connectivity index (χ0) is 14.0. The molecular weight excluding hydrogens is 254 g/mol. The van der Waals surface area contributed by atoms with Crippen LogP contribution in [0, 0.1) is 17.0 Å². The van der Waals surface area contributed by atoms with Gasteiger partial charge in [0, 0.05) is 18.6 Å². The van der Waals surface area contributed by atoms with Crippen molar-refractivity contribution in [3.05, 3.63) is 28.1 Å². The predicted molar refractivity (Wildman–Crippen MR) is 64.2 cm³/mol. The molecule has 19 heavy (non-hydrogen) atoms. The fraction of sp³-hybridized carbons (Fsp3) is 0.273. The van der Waals surface area contributed by atoms with Crippen LogP contribution in [-0.2, 0) is 0 Å². The third-order valence-electron chi connectivity index (χ3n) is 2.43. The molecule has 0 spiro atoms. The molecule has 2 rings (SSSR count). The molecule has 1 heterocycles. The van der Waals surface area contributed by atoms with Crippen molar-refractivity contribution in [2.45, 2.75) is 6.92 Å². The first-order valence-electron chi connectivity index (χ1n) is 5.27. The van der Waals surface area contributed by atoms with Gasteiger partial charge in [0.05, 0.1) is 19.1 Å². The number of nitro groups is 1. The lowest BCUT2D eigenvalue weighted by Crippen LogP contribution is -1.98. The van der Waals surface area contributed by atoms with Crippen LogP contribution in [-0.4, -0.2) is 29.3 Å². The Kier molecular flexibility index (Phi) is 3.32. The second kappa shape index (κ2) is 4.92. The SMILES string of the molecule is COc1cc(-c2nnc(C)o2)cc([N+](=O)[O-])c1OC. The molecule has 0 fully saturated rings. The Hall–Kier alpha value is -2.64. The maximum atomic E-state index is 11.0. The van der Waals surface area contributed by atoms with Crippen LogP contribution in [0.4, 0.5) is 5.69 Å². The van der Waals surface area contributed by atoms with E-state index in [1.54, 1.807) is 13.0 Å². The monoisotopic (exact) mass is 265 g/mol. The molecule has 0 bridgehead atoms. The van der Waals surface area contributed by atoms with Gasteiger partial charge in [0.2, 0.25) is 17.5 Å². The number of aromatic nitrogens is 2. The number of nitrogens with zero attached hydrogens (tertiary/aromatic N) is 3. The number of hydrogen-bond acceptors (Lipinski definition) is 7. The van der Waals surface area contributed by atoms with E-state index in [0.29, 0.717) is 11.5 Å². The third kappa shape index (κ3) is 2.32. The first-order valence-corrected chi connectivity index (χ1v) is 5.27. The highest BCUT2D eigenvalue weighted by Crippen LogP contribution is 2.40. The fourth-order valence-electron chi connectivity index (χ4n) is 1.62. The number of nitro benzene ring substituents is 1. The van der Waals surface area contributed by atoms with Crippen molar-refractivity contribution in [1.29, 1.82) is 0 Å². The Morgan fingerprint density at radius 1 is 1.26 bits per heavy atom. The van der Waals surface area contributed by atoms with Gasteiger partial charge in [0.15, 0.2) is 5.75 Å². The number of benzene rings is 1. The fourth-order valence-corrected chi connectivity index (χ4v) is 1.62. The van der Waals surface area contributed by atoms with Gasteiger partial charge in [-0.25, -0.2) is 0 Å². The summed E-state index contributed by atoms with van der Waals surface area (Å²) >= 11 is 0. The van der Waals surface area contributed by atoms with Crippen LogP contribution in [0.5, 0.6) is 11.5 Å². The Labute approximate surface area is 108 Å². The van der Waals surface area contributed by atoms with E-state index in [0.717, 1.165) is 0 Å². The average Bonchev–Trinajstić information content (AvgIpc) is 2.83. The summed E-state index contributed by atoms with van der Waals surface area (Å²) in [5.41, 5.74) is 0.164. The van der Waals surface area contributed by atoms with Crippen molar-refractivity contribution in [2.75, 3.05) is 14.2 Å². The van der Waals surface area contributed by atoms with Crippen LogP contribution in [0.25, 0.3) is 11.5 Å². The summed E-state index contributed by atoms with van der Waals surface area (Å²) in [5, 5.41) is 18.5. The molecule has 0 radical (unpaired) electrons. The first kappa shape index (κ1) is 12.8. The van der Waals surface area contributed by atoms with Gasteiger partial charge in [-0.3, -0.25) is 10.1 Å². The highest BCUT2D eigenvalue weighted by molar-refractivity contribution is 5.68. The third-order valence-corrected chi connectivity index (χ3v) is 2.43. The van der Waals surface area contributed by atoms with Crippen LogP contribution < -0.4 is 9.47 Å². The van der Waals surface area contributed by atoms with Crippen LogP contribution in [0.15, 0.2) is 16.5 Å². The molecule has 8 nitrogen and oxygen atoms in total. The minimum absolute atomic E-state index is 0.0486. The molecule has 2 aromatic rings. The largest absolute Gasteiger partial charge is 0.493 e. The molecule has 1 aromatic carbocycles. The number of hydrogen-bond donors (Lipinski definition) is 0. The Morgan fingerprint density at radius 3 is 2.47 bits per heavy atom. The minimum atomic E-state index is -0.561. The molecular formula is C11H11N3O5. The second-order valence-corrected chi connectivity index (χ2v) is 3.61. The van der Waals surface area contributed by atoms with E-state index in [4.69, 9.17) is 13.9 Å². The molecule has 0 unspecified atom stereocenters. The van der Waals surface area contributed by atoms with E-state index in [2.05, 4.69) is 10.2 Å². The number of methoxy groups -OCH3 is 2. The summed E-state index contributed by atoms with van der Waals surface area (Å²) in [7, 11) is 2.73. The number of rotatable bonds is 4. The number of aryl methyl sites for hydroxylation is 1. The summed E-state index contributed by atoms with van der Waals surface area (Å²) in [5.74, 6) is 0.823. The Bertz CT molecular complexity index is 623. The van der Waals surface area contributed by atoms with E-state index in [-0.39, 0.29) is 23.1 Å². The molecule has 0 aliphatic heterocycles. The predicted octanol–water partition coefficient (Wildman–Crippen LogP) is 1.97. The molecule has 0 saturated carbocycles. The van der Waals surface area contributed by atoms with Gasteiger partial charge in [0.25, 0.3) is 0 Å². The molecule has 0 N–H and O–H groups in total. The molecule has 1 aromatic heterocycles. The maximum absolute atomic E-state index is 11.0. The van der Waals surface area contributed by atoms with Crippen molar-refractivity contribution < 1.29 is 18.8 Å². The van der Waals surface area contributed by atoms with Gasteiger partial charge in [0.1, 0.15) is 0 Å². The van der Waals surface area contributed by atoms with Crippen LogP contribution in [0.2, 0.25) is 0 Å². The van der Waals surface area contributed by atoms with Gasteiger partial charge >= 0.3 is 5.69 Å². The average molecular weight is 265 g/mol. The first-order chi connectivity index (χ1) is 9.06. The summed E-state index contributed by atoms with van der Waals surface area (Å²) in [6.07, 6.45) is 0. The Morgan fingerprint density at radius 2 is 2.00 bits per heavy atom. The van der Waals surface area contributed by atoms with E-state index in [1.165, 1.54) is 20.3 Å². The molecule has 8 heteroatoms. The van der Waals surface area contributed by atoms with Crippen LogP contribution >= 0.6 is 0 Å². The van der Waals surface area contributed by atoms with Crippen LogP contribution in [0.1, 0.15) is 5.89 Å². The summed E-state index contributed by atoms with van der Waals surface area (Å²) in [6.45, 7) is 1.63. The summed E-state index contributed by atoms with van der Waals surface area (Å²) in [6, 6.07) is 2.84. The van der Waals surface area contributed by atoms with Crippen molar-refractivity contribution in [2.24, 2.45) is 0 Å². The summed E-state index contributed by atoms with van der Waals surface area (Å²) in [4.78, 5) is 10.5. The normalized spacial score (nSPS) is 10.3. The molecule has 0 aliphatic carbocycles. The van der Waals surface area contributed by atoms with Crippen LogP contribution in [0.3, 0.4) is 0 Å². The van der Waals surface area contributed by atoms with E-state index in [1.807, 2.05) is 0 Å². The van der Waals surface area contributed by atoms with Gasteiger partial charge in [-0.15, -0.1) is 10.2 Å². The topological polar surface area (TPSA) is 101 Å². The minimum Gasteiger partial charge on any atom is -0.493 e. The smallest absolute Gasteiger partial charge is 0.315 e. The van der Waals surface area contributed by atoms with Gasteiger partial charge in [-0.2, -0.15) is 0 Å². The quantitative estimate of drug-likeness (QED) is 0.615. The number of ether oxygens (including phenoxy) is 2.